The van der Waals surface area contributed by atoms with E-state index in [1.165, 1.54) is 0 Å². The summed E-state index contributed by atoms with van der Waals surface area (Å²) in [6.45, 7) is -0.303. The average molecular weight is 184 g/mol. The van der Waals surface area contributed by atoms with Crippen LogP contribution in [0.3, 0.4) is 0 Å². The summed E-state index contributed by atoms with van der Waals surface area (Å²) in [6, 6.07) is 0. The lowest BCUT2D eigenvalue weighted by molar-refractivity contribution is -0.220. The van der Waals surface area contributed by atoms with Crippen LogP contribution in [0.4, 0.5) is 4.53 Å². The van der Waals surface area contributed by atoms with E-state index in [9.17, 15) is 4.53 Å². The molecule has 3 N–H and O–H groups in total. The lowest BCUT2D eigenvalue weighted by Gasteiger charge is -2.12. The molecular weight excluding hydrogens is 175 g/mol. The van der Waals surface area contributed by atoms with Crippen molar-refractivity contribution in [2.75, 3.05) is 6.61 Å². The van der Waals surface area contributed by atoms with Gasteiger partial charge in [-0.2, -0.15) is 4.94 Å². The number of aliphatic hydroxyl groups excluding tert-OH is 3. The molecule has 6 heteroatoms. The molecule has 4 atom stereocenters. The molecule has 1 saturated heterocycles. The second kappa shape index (κ2) is 3.68. The first kappa shape index (κ1) is 9.21. The van der Waals surface area contributed by atoms with Crippen LogP contribution in [-0.4, -0.2) is 44.8 Å². The molecule has 1 fully saturated rings. The van der Waals surface area contributed by atoms with Crippen molar-refractivity contribution in [2.45, 2.75) is 22.9 Å². The van der Waals surface area contributed by atoms with Crippen molar-refractivity contribution >= 4 is 11.8 Å². The highest BCUT2D eigenvalue weighted by Crippen LogP contribution is 2.34. The maximum Gasteiger partial charge on any atom is 0.160 e. The van der Waals surface area contributed by atoms with E-state index in [1.54, 1.807) is 0 Å². The van der Waals surface area contributed by atoms with E-state index in [0.717, 1.165) is 11.8 Å². The number of halogens is 1. The van der Waals surface area contributed by atoms with Gasteiger partial charge < -0.3 is 15.3 Å². The number of hydrogen-bond donors (Lipinski definition) is 3. The van der Waals surface area contributed by atoms with Crippen LogP contribution < -0.4 is 0 Å². The van der Waals surface area contributed by atoms with Gasteiger partial charge in [0, 0.05) is 0 Å². The minimum atomic E-state index is -1.24. The fraction of sp³-hybridized carbons (Fsp3) is 1.00. The van der Waals surface area contributed by atoms with Gasteiger partial charge in [-0.25, -0.2) is 0 Å². The Labute approximate surface area is 66.9 Å². The summed E-state index contributed by atoms with van der Waals surface area (Å²) in [5, 5.41) is 26.1. The van der Waals surface area contributed by atoms with E-state index < -0.39 is 22.9 Å². The highest BCUT2D eigenvalue weighted by atomic mass is 32.2. The van der Waals surface area contributed by atoms with Gasteiger partial charge in [0.2, 0.25) is 0 Å². The summed E-state index contributed by atoms with van der Waals surface area (Å²) in [4.78, 5) is 3.34. The maximum atomic E-state index is 11.6. The number of hydrogen-bond acceptors (Lipinski definition) is 5. The fourth-order valence-electron chi connectivity index (χ4n) is 0.965. The van der Waals surface area contributed by atoms with Gasteiger partial charge in [0.25, 0.3) is 0 Å². The summed E-state index contributed by atoms with van der Waals surface area (Å²) < 4.78 is 11.6. The van der Waals surface area contributed by atoms with E-state index in [1.807, 2.05) is 0 Å². The van der Waals surface area contributed by atoms with Gasteiger partial charge in [-0.05, 0) is 4.53 Å². The van der Waals surface area contributed by atoms with Crippen LogP contribution in [0.25, 0.3) is 0 Å². The Hall–Kier alpha value is 0.120. The highest BCUT2D eigenvalue weighted by Gasteiger charge is 2.43. The van der Waals surface area contributed by atoms with Gasteiger partial charge in [-0.3, -0.25) is 0 Å². The monoisotopic (exact) mass is 184 g/mol. The summed E-state index contributed by atoms with van der Waals surface area (Å²) in [6.07, 6.45) is -2.39. The minimum Gasteiger partial charge on any atom is -0.395 e. The van der Waals surface area contributed by atoms with Gasteiger partial charge in [-0.1, -0.05) is 0 Å². The van der Waals surface area contributed by atoms with Crippen LogP contribution in [-0.2, 0) is 4.94 Å². The first-order chi connectivity index (χ1) is 5.20. The van der Waals surface area contributed by atoms with Crippen molar-refractivity contribution in [1.82, 2.24) is 0 Å². The van der Waals surface area contributed by atoms with Crippen molar-refractivity contribution in [3.8, 4) is 0 Å². The molecule has 1 unspecified atom stereocenters. The van der Waals surface area contributed by atoms with E-state index >= 15 is 0 Å². The van der Waals surface area contributed by atoms with Crippen LogP contribution in [0.1, 0.15) is 0 Å². The lowest BCUT2D eigenvalue weighted by atomic mass is 10.1. The SMILES string of the molecule is OC[C@H]1SC(O)[C@H](OF)[C@@H]1O. The molecule has 0 aromatic carbocycles. The minimum absolute atomic E-state index is 0.303. The fourth-order valence-corrected chi connectivity index (χ4v) is 2.08. The second-order valence-electron chi connectivity index (χ2n) is 2.29. The Balaban J connectivity index is 2.55. The third-order valence-corrected chi connectivity index (χ3v) is 2.92. The normalized spacial score (nSPS) is 44.7. The highest BCUT2D eigenvalue weighted by molar-refractivity contribution is 8.00. The number of thioether (sulfide) groups is 1. The molecule has 0 aliphatic carbocycles. The second-order valence-corrected chi connectivity index (χ2v) is 3.65. The number of rotatable bonds is 2. The molecule has 0 spiro atoms. The van der Waals surface area contributed by atoms with Gasteiger partial charge >= 0.3 is 0 Å². The Morgan fingerprint density at radius 1 is 1.45 bits per heavy atom. The molecule has 66 valence electrons. The van der Waals surface area contributed by atoms with Crippen molar-refractivity contribution in [3.63, 3.8) is 0 Å². The quantitative estimate of drug-likeness (QED) is 0.516. The van der Waals surface area contributed by atoms with E-state index in [-0.39, 0.29) is 6.61 Å². The van der Waals surface area contributed by atoms with Crippen LogP contribution in [0, 0.1) is 0 Å². The lowest BCUT2D eigenvalue weighted by Crippen LogP contribution is -2.34. The van der Waals surface area contributed by atoms with Crippen molar-refractivity contribution in [1.29, 1.82) is 0 Å². The zero-order chi connectivity index (χ0) is 8.43. The maximum absolute atomic E-state index is 11.6. The third kappa shape index (κ3) is 1.65. The average Bonchev–Trinajstić information content (AvgIpc) is 2.26. The van der Waals surface area contributed by atoms with Gasteiger partial charge in [-0.15, -0.1) is 11.8 Å². The summed E-state index contributed by atoms with van der Waals surface area (Å²) in [5.41, 5.74) is -1.10. The first-order valence-corrected chi connectivity index (χ1v) is 4.05. The summed E-state index contributed by atoms with van der Waals surface area (Å²) >= 11 is 0.897. The van der Waals surface area contributed by atoms with Crippen LogP contribution in [0.5, 0.6) is 0 Å². The molecule has 11 heavy (non-hydrogen) atoms. The van der Waals surface area contributed by atoms with Crippen molar-refractivity contribution < 1.29 is 24.8 Å². The molecular formula is C5H9FO4S. The Morgan fingerprint density at radius 3 is 2.36 bits per heavy atom. The van der Waals surface area contributed by atoms with E-state index in [2.05, 4.69) is 4.94 Å². The summed E-state index contributed by atoms with van der Waals surface area (Å²) in [7, 11) is 0. The van der Waals surface area contributed by atoms with Crippen molar-refractivity contribution in [2.24, 2.45) is 0 Å². The van der Waals surface area contributed by atoms with E-state index in [4.69, 9.17) is 15.3 Å². The van der Waals surface area contributed by atoms with Crippen LogP contribution >= 0.6 is 11.8 Å². The molecule has 0 aromatic heterocycles. The largest absolute Gasteiger partial charge is 0.395 e. The Morgan fingerprint density at radius 2 is 2.09 bits per heavy atom. The molecule has 1 rings (SSSR count). The molecule has 0 aromatic rings. The van der Waals surface area contributed by atoms with Gasteiger partial charge in [0.1, 0.15) is 11.5 Å². The Bertz CT molecular complexity index is 136. The number of aliphatic hydroxyl groups is 3. The standard InChI is InChI=1S/C5H9FO4S/c6-10-4-3(8)2(1-7)11-5(4)9/h2-5,7-9H,1H2/t2-,3-,4-,5?/m1/s1. The predicted molar refractivity (Wildman–Crippen MR) is 36.5 cm³/mol. The molecule has 0 bridgehead atoms. The topological polar surface area (TPSA) is 69.9 Å². The van der Waals surface area contributed by atoms with Crippen LogP contribution in [0.15, 0.2) is 0 Å². The third-order valence-electron chi connectivity index (χ3n) is 1.60. The smallest absolute Gasteiger partial charge is 0.160 e. The molecule has 1 aliphatic heterocycles. The molecule has 1 heterocycles. The zero-order valence-corrected chi connectivity index (χ0v) is 6.37. The van der Waals surface area contributed by atoms with Crippen molar-refractivity contribution in [3.05, 3.63) is 0 Å². The molecule has 0 saturated carbocycles. The molecule has 4 nitrogen and oxygen atoms in total. The molecule has 0 amide bonds. The summed E-state index contributed by atoms with van der Waals surface area (Å²) in [5.74, 6) is 0. The molecule has 0 radical (unpaired) electrons. The van der Waals surface area contributed by atoms with Gasteiger partial charge in [0.15, 0.2) is 6.10 Å². The van der Waals surface area contributed by atoms with Gasteiger partial charge in [0.05, 0.1) is 11.9 Å². The zero-order valence-electron chi connectivity index (χ0n) is 5.55. The predicted octanol–water partition coefficient (Wildman–Crippen LogP) is -0.957. The van der Waals surface area contributed by atoms with Crippen LogP contribution in [0.2, 0.25) is 0 Å². The van der Waals surface area contributed by atoms with E-state index in [0.29, 0.717) is 0 Å². The first-order valence-electron chi connectivity index (χ1n) is 3.10. The molecule has 1 aliphatic rings. The Kier molecular flexibility index (Phi) is 3.08.